The molecule has 2 aromatic carbocycles. The maximum absolute atomic E-state index is 12.3. The fourth-order valence-corrected chi connectivity index (χ4v) is 3.36. The number of phenolic OH excluding ortho intramolecular Hbond substituents is 1. The second-order valence-electron chi connectivity index (χ2n) is 3.69. The van der Waals surface area contributed by atoms with Gasteiger partial charge in [0.15, 0.2) is 0 Å². The minimum absolute atomic E-state index is 0.00339. The monoisotopic (exact) mass is 336 g/mol. The Balaban J connectivity index is 2.58. The number of hydrogen-bond acceptors (Lipinski definition) is 3. The van der Waals surface area contributed by atoms with Crippen molar-refractivity contribution in [2.75, 3.05) is 0 Å². The lowest BCUT2D eigenvalue weighted by Gasteiger charge is -2.07. The van der Waals surface area contributed by atoms with Crippen LogP contribution >= 0.6 is 34.8 Å². The maximum atomic E-state index is 12.3. The van der Waals surface area contributed by atoms with Gasteiger partial charge in [-0.15, -0.1) is 0 Å². The van der Waals surface area contributed by atoms with Crippen molar-refractivity contribution in [3.05, 3.63) is 51.5 Å². The second-order valence-corrected chi connectivity index (χ2v) is 6.86. The molecule has 0 radical (unpaired) electrons. The summed E-state index contributed by atoms with van der Waals surface area (Å²) in [5.74, 6) is -0.185. The Bertz CT molecular complexity index is 684. The van der Waals surface area contributed by atoms with Crippen molar-refractivity contribution >= 4 is 44.6 Å². The van der Waals surface area contributed by atoms with Crippen molar-refractivity contribution in [2.45, 2.75) is 9.79 Å². The summed E-state index contributed by atoms with van der Waals surface area (Å²) < 4.78 is 24.6. The Morgan fingerprint density at radius 1 is 0.789 bits per heavy atom. The third kappa shape index (κ3) is 2.82. The van der Waals surface area contributed by atoms with E-state index in [1.165, 1.54) is 36.4 Å². The highest BCUT2D eigenvalue weighted by atomic mass is 35.5. The molecule has 0 fully saturated rings. The van der Waals surface area contributed by atoms with E-state index in [1.807, 2.05) is 0 Å². The van der Waals surface area contributed by atoms with Crippen molar-refractivity contribution < 1.29 is 13.5 Å². The fraction of sp³-hybridized carbons (Fsp3) is 0. The Labute approximate surface area is 125 Å². The van der Waals surface area contributed by atoms with Crippen LogP contribution < -0.4 is 0 Å². The number of aromatic hydroxyl groups is 1. The molecule has 7 heteroatoms. The number of rotatable bonds is 2. The van der Waals surface area contributed by atoms with Gasteiger partial charge >= 0.3 is 0 Å². The first-order valence-corrected chi connectivity index (χ1v) is 7.63. The van der Waals surface area contributed by atoms with Crippen molar-refractivity contribution in [3.8, 4) is 5.75 Å². The van der Waals surface area contributed by atoms with E-state index in [0.29, 0.717) is 0 Å². The normalized spacial score (nSPS) is 11.5. The zero-order valence-corrected chi connectivity index (χ0v) is 12.4. The van der Waals surface area contributed by atoms with Gasteiger partial charge < -0.3 is 5.11 Å². The molecule has 0 aliphatic carbocycles. The molecule has 2 rings (SSSR count). The number of phenols is 1. The summed E-state index contributed by atoms with van der Waals surface area (Å²) in [6, 6.07) is 7.67. The van der Waals surface area contributed by atoms with Crippen LogP contribution in [0.4, 0.5) is 0 Å². The van der Waals surface area contributed by atoms with Crippen LogP contribution in [-0.2, 0) is 9.84 Å². The highest BCUT2D eigenvalue weighted by Gasteiger charge is 2.19. The highest BCUT2D eigenvalue weighted by molar-refractivity contribution is 7.91. The van der Waals surface area contributed by atoms with Crippen molar-refractivity contribution in [1.82, 2.24) is 0 Å². The maximum Gasteiger partial charge on any atom is 0.206 e. The summed E-state index contributed by atoms with van der Waals surface area (Å²) in [5, 5.41) is 9.67. The van der Waals surface area contributed by atoms with Gasteiger partial charge in [-0.2, -0.15) is 0 Å². The molecule has 100 valence electrons. The zero-order valence-electron chi connectivity index (χ0n) is 9.27. The highest BCUT2D eigenvalue weighted by Crippen LogP contribution is 2.31. The molecule has 0 bridgehead atoms. The predicted octanol–water partition coefficient (Wildman–Crippen LogP) is 4.19. The first kappa shape index (κ1) is 14.5. The van der Waals surface area contributed by atoms with E-state index in [0.717, 1.165) is 0 Å². The molecule has 19 heavy (non-hydrogen) atoms. The summed E-state index contributed by atoms with van der Waals surface area (Å²) in [5.41, 5.74) is 0. The van der Waals surface area contributed by atoms with Gasteiger partial charge in [-0.25, -0.2) is 8.42 Å². The molecular weight excluding hydrogens is 331 g/mol. The average molecular weight is 338 g/mol. The average Bonchev–Trinajstić information content (AvgIpc) is 2.35. The van der Waals surface area contributed by atoms with Crippen molar-refractivity contribution in [3.63, 3.8) is 0 Å². The quantitative estimate of drug-likeness (QED) is 0.894. The Hall–Kier alpha value is -0.940. The molecule has 1 N–H and O–H groups in total. The molecule has 0 aliphatic rings. The van der Waals surface area contributed by atoms with Crippen LogP contribution in [-0.4, -0.2) is 13.5 Å². The van der Waals surface area contributed by atoms with Crippen molar-refractivity contribution in [2.24, 2.45) is 0 Å². The summed E-state index contributed by atoms with van der Waals surface area (Å²) in [7, 11) is -3.76. The number of halogens is 3. The third-order valence-electron chi connectivity index (χ3n) is 2.43. The summed E-state index contributed by atoms with van der Waals surface area (Å²) >= 11 is 17.2. The van der Waals surface area contributed by atoms with E-state index in [2.05, 4.69) is 0 Å². The molecule has 3 nitrogen and oxygen atoms in total. The lowest BCUT2D eigenvalue weighted by atomic mass is 10.3. The minimum atomic E-state index is -3.76. The lowest BCUT2D eigenvalue weighted by Crippen LogP contribution is -2.01. The summed E-state index contributed by atoms with van der Waals surface area (Å²) in [4.78, 5) is -0.0302. The number of sulfone groups is 1. The standard InChI is InChI=1S/C12H7Cl3O3S/c13-9-3-1-7(5-10(9)14)19(17,18)8-2-4-12(16)11(15)6-8/h1-6,16H. The molecule has 2 aromatic rings. The summed E-state index contributed by atoms with van der Waals surface area (Å²) in [6.45, 7) is 0. The van der Waals surface area contributed by atoms with Crippen LogP contribution in [0.25, 0.3) is 0 Å². The van der Waals surface area contributed by atoms with Gasteiger partial charge in [0.25, 0.3) is 0 Å². The van der Waals surface area contributed by atoms with Crippen LogP contribution in [0.5, 0.6) is 5.75 Å². The fourth-order valence-electron chi connectivity index (χ4n) is 1.43. The zero-order chi connectivity index (χ0) is 14.2. The SMILES string of the molecule is O=S(=O)(c1ccc(O)c(Cl)c1)c1ccc(Cl)c(Cl)c1. The van der Waals surface area contributed by atoms with Crippen LogP contribution in [0, 0.1) is 0 Å². The third-order valence-corrected chi connectivity index (χ3v) is 5.22. The first-order chi connectivity index (χ1) is 8.82. The molecular formula is C12H7Cl3O3S. The number of hydrogen-bond donors (Lipinski definition) is 1. The van der Waals surface area contributed by atoms with Gasteiger partial charge in [0.05, 0.1) is 24.9 Å². The van der Waals surface area contributed by atoms with Gasteiger partial charge in [-0.05, 0) is 36.4 Å². The topological polar surface area (TPSA) is 54.4 Å². The molecule has 0 amide bonds. The second kappa shape index (κ2) is 5.21. The smallest absolute Gasteiger partial charge is 0.206 e. The van der Waals surface area contributed by atoms with Gasteiger partial charge in [-0.1, -0.05) is 34.8 Å². The molecule has 0 aliphatic heterocycles. The molecule has 0 spiro atoms. The molecule has 0 saturated carbocycles. The van der Waals surface area contributed by atoms with E-state index < -0.39 is 9.84 Å². The van der Waals surface area contributed by atoms with Gasteiger partial charge in [0.1, 0.15) is 5.75 Å². The molecule has 0 unspecified atom stereocenters. The van der Waals surface area contributed by atoms with Crippen LogP contribution in [0.2, 0.25) is 15.1 Å². The Morgan fingerprint density at radius 3 is 1.84 bits per heavy atom. The van der Waals surface area contributed by atoms with Crippen LogP contribution in [0.3, 0.4) is 0 Å². The molecule has 0 atom stereocenters. The molecule has 0 heterocycles. The van der Waals surface area contributed by atoms with Gasteiger partial charge in [0, 0.05) is 0 Å². The van der Waals surface area contributed by atoms with Crippen molar-refractivity contribution in [1.29, 1.82) is 0 Å². The Kier molecular flexibility index (Phi) is 3.97. The first-order valence-electron chi connectivity index (χ1n) is 5.01. The molecule has 0 aromatic heterocycles. The minimum Gasteiger partial charge on any atom is -0.506 e. The lowest BCUT2D eigenvalue weighted by molar-refractivity contribution is 0.475. The van der Waals surface area contributed by atoms with Crippen LogP contribution in [0.1, 0.15) is 0 Å². The predicted molar refractivity (Wildman–Crippen MR) is 75.0 cm³/mol. The molecule has 0 saturated heterocycles. The van der Waals surface area contributed by atoms with E-state index >= 15 is 0 Å². The van der Waals surface area contributed by atoms with Gasteiger partial charge in [-0.3, -0.25) is 0 Å². The largest absolute Gasteiger partial charge is 0.506 e. The van der Waals surface area contributed by atoms with E-state index in [4.69, 9.17) is 34.8 Å². The van der Waals surface area contributed by atoms with E-state index in [1.54, 1.807) is 0 Å². The number of benzene rings is 2. The van der Waals surface area contributed by atoms with E-state index in [9.17, 15) is 13.5 Å². The Morgan fingerprint density at radius 2 is 1.32 bits per heavy atom. The van der Waals surface area contributed by atoms with Gasteiger partial charge in [0.2, 0.25) is 9.84 Å². The van der Waals surface area contributed by atoms with E-state index in [-0.39, 0.29) is 30.6 Å². The summed E-state index contributed by atoms with van der Waals surface area (Å²) in [6.07, 6.45) is 0. The van der Waals surface area contributed by atoms with Crippen LogP contribution in [0.15, 0.2) is 46.2 Å².